The fourth-order valence-electron chi connectivity index (χ4n) is 3.83. The molecule has 0 radical (unpaired) electrons. The molecule has 1 spiro atoms. The maximum Gasteiger partial charge on any atom is 0.325 e. The van der Waals surface area contributed by atoms with E-state index in [0.717, 1.165) is 30.2 Å². The van der Waals surface area contributed by atoms with Crippen molar-refractivity contribution in [3.05, 3.63) is 39.4 Å². The Morgan fingerprint density at radius 1 is 1.42 bits per heavy atom. The number of nitrogens with zero attached hydrogens (tertiary/aromatic N) is 2. The Kier molecular flexibility index (Phi) is 4.39. The van der Waals surface area contributed by atoms with Gasteiger partial charge in [0.15, 0.2) is 0 Å². The predicted molar refractivity (Wildman–Crippen MR) is 91.1 cm³/mol. The zero-order chi connectivity index (χ0) is 19.1. The molecule has 1 saturated carbocycles. The van der Waals surface area contributed by atoms with Gasteiger partial charge in [0.25, 0.3) is 11.6 Å². The van der Waals surface area contributed by atoms with Crippen LogP contribution >= 0.6 is 0 Å². The molecule has 3 rings (SSSR count). The van der Waals surface area contributed by atoms with E-state index >= 15 is 0 Å². The highest BCUT2D eigenvalue weighted by Crippen LogP contribution is 2.39. The summed E-state index contributed by atoms with van der Waals surface area (Å²) in [7, 11) is 0. The smallest absolute Gasteiger partial charge is 0.325 e. The summed E-state index contributed by atoms with van der Waals surface area (Å²) in [5.41, 5.74) is 4.06. The van der Waals surface area contributed by atoms with E-state index in [1.54, 1.807) is 0 Å². The number of benzene rings is 1. The van der Waals surface area contributed by atoms with E-state index in [9.17, 15) is 24.5 Å². The largest absolute Gasteiger partial charge is 0.366 e. The number of nitrogens with one attached hydrogen (secondary N) is 1. The van der Waals surface area contributed by atoms with Gasteiger partial charge in [-0.2, -0.15) is 0 Å². The van der Waals surface area contributed by atoms with Gasteiger partial charge in [-0.3, -0.25) is 24.6 Å². The van der Waals surface area contributed by atoms with Crippen LogP contribution in [0.1, 0.15) is 48.5 Å². The van der Waals surface area contributed by atoms with Gasteiger partial charge in [0.05, 0.1) is 11.5 Å². The highest BCUT2D eigenvalue weighted by Gasteiger charge is 2.54. The van der Waals surface area contributed by atoms with Crippen LogP contribution in [0.3, 0.4) is 0 Å². The first kappa shape index (κ1) is 17.8. The highest BCUT2D eigenvalue weighted by atomic mass is 16.6. The number of rotatable bonds is 4. The Bertz CT molecular complexity index is 808. The van der Waals surface area contributed by atoms with Gasteiger partial charge in [0, 0.05) is 17.2 Å². The van der Waals surface area contributed by atoms with Gasteiger partial charge < -0.3 is 11.1 Å². The first-order valence-corrected chi connectivity index (χ1v) is 8.47. The van der Waals surface area contributed by atoms with E-state index < -0.39 is 22.4 Å². The van der Waals surface area contributed by atoms with E-state index in [-0.39, 0.29) is 35.2 Å². The van der Waals surface area contributed by atoms with Gasteiger partial charge in [-0.25, -0.2) is 4.79 Å². The molecule has 3 N–H and O–H groups in total. The van der Waals surface area contributed by atoms with Crippen LogP contribution in [0.5, 0.6) is 0 Å². The number of urea groups is 1. The normalized spacial score (nSPS) is 25.4. The van der Waals surface area contributed by atoms with Crippen molar-refractivity contribution in [3.8, 4) is 0 Å². The molecule has 1 aliphatic heterocycles. The van der Waals surface area contributed by atoms with E-state index in [1.807, 2.05) is 6.92 Å². The van der Waals surface area contributed by atoms with E-state index in [0.29, 0.717) is 6.42 Å². The summed E-state index contributed by atoms with van der Waals surface area (Å²) in [5, 5.41) is 14.1. The second-order valence-electron chi connectivity index (χ2n) is 6.90. The first-order valence-electron chi connectivity index (χ1n) is 8.47. The second kappa shape index (κ2) is 6.40. The number of hydrogen-bond donors (Lipinski definition) is 2. The van der Waals surface area contributed by atoms with Crippen molar-refractivity contribution in [2.75, 3.05) is 0 Å². The summed E-state index contributed by atoms with van der Waals surface area (Å²) in [6.45, 7) is 1.71. The van der Waals surface area contributed by atoms with Crippen LogP contribution in [-0.4, -0.2) is 33.2 Å². The summed E-state index contributed by atoms with van der Waals surface area (Å²) in [4.78, 5) is 48.3. The minimum atomic E-state index is -0.919. The Hall–Kier alpha value is -2.97. The van der Waals surface area contributed by atoms with Crippen LogP contribution in [0.15, 0.2) is 18.2 Å². The van der Waals surface area contributed by atoms with E-state index in [2.05, 4.69) is 5.32 Å². The fraction of sp³-hybridized carbons (Fsp3) is 0.471. The molecule has 9 nitrogen and oxygen atoms in total. The summed E-state index contributed by atoms with van der Waals surface area (Å²) in [5.74, 6) is -1.13. The topological polar surface area (TPSA) is 136 Å². The Morgan fingerprint density at radius 2 is 2.15 bits per heavy atom. The van der Waals surface area contributed by atoms with Crippen molar-refractivity contribution in [2.45, 2.75) is 44.7 Å². The number of hydrogen-bond acceptors (Lipinski definition) is 5. The van der Waals surface area contributed by atoms with Gasteiger partial charge >= 0.3 is 6.03 Å². The number of nitro benzene ring substituents is 1. The maximum atomic E-state index is 13.0. The van der Waals surface area contributed by atoms with Crippen LogP contribution < -0.4 is 11.1 Å². The Labute approximate surface area is 149 Å². The van der Waals surface area contributed by atoms with Crippen LogP contribution in [0, 0.1) is 16.0 Å². The monoisotopic (exact) mass is 360 g/mol. The molecular weight excluding hydrogens is 340 g/mol. The minimum Gasteiger partial charge on any atom is -0.366 e. The van der Waals surface area contributed by atoms with Crippen molar-refractivity contribution in [2.24, 2.45) is 11.7 Å². The lowest BCUT2D eigenvalue weighted by Gasteiger charge is -2.36. The highest BCUT2D eigenvalue weighted by molar-refractivity contribution is 6.07. The minimum absolute atomic E-state index is 0.00456. The fourth-order valence-corrected chi connectivity index (χ4v) is 3.83. The molecule has 1 heterocycles. The van der Waals surface area contributed by atoms with Gasteiger partial charge in [-0.15, -0.1) is 0 Å². The van der Waals surface area contributed by atoms with Gasteiger partial charge in [0.1, 0.15) is 5.54 Å². The van der Waals surface area contributed by atoms with E-state index in [1.165, 1.54) is 12.1 Å². The third-order valence-electron chi connectivity index (χ3n) is 5.40. The average Bonchev–Trinajstić information content (AvgIpc) is 2.82. The van der Waals surface area contributed by atoms with Crippen LogP contribution in [0.2, 0.25) is 0 Å². The number of carbonyl (C=O) groups is 3. The molecule has 138 valence electrons. The number of nitrogens with two attached hydrogens (primary N) is 1. The standard InChI is InChI=1S/C17H20N4O5/c1-10-4-2-3-7-17(10)15(23)20(16(24)19-17)9-12-6-5-11(14(18)22)8-13(12)21(25)26/h5-6,8,10H,2-4,7,9H2,1H3,(H2,18,22)(H,19,24). The molecule has 0 aromatic heterocycles. The zero-order valence-corrected chi connectivity index (χ0v) is 14.4. The molecule has 4 amide bonds. The lowest BCUT2D eigenvalue weighted by atomic mass is 9.73. The van der Waals surface area contributed by atoms with Gasteiger partial charge in [0.2, 0.25) is 5.91 Å². The van der Waals surface area contributed by atoms with Crippen molar-refractivity contribution in [1.82, 2.24) is 10.2 Å². The van der Waals surface area contributed by atoms with Crippen molar-refractivity contribution < 1.29 is 19.3 Å². The number of imide groups is 1. The lowest BCUT2D eigenvalue weighted by Crippen LogP contribution is -2.53. The van der Waals surface area contributed by atoms with E-state index in [4.69, 9.17) is 5.73 Å². The average molecular weight is 360 g/mol. The maximum absolute atomic E-state index is 13.0. The van der Waals surface area contributed by atoms with Gasteiger partial charge in [-0.1, -0.05) is 19.8 Å². The SMILES string of the molecule is CC1CCCCC12NC(=O)N(Cc1ccc(C(N)=O)cc1[N+](=O)[O-])C2=O. The van der Waals surface area contributed by atoms with Gasteiger partial charge in [-0.05, 0) is 30.9 Å². The first-order chi connectivity index (χ1) is 12.3. The third kappa shape index (κ3) is 2.79. The summed E-state index contributed by atoms with van der Waals surface area (Å²) in [6, 6.07) is 3.22. The molecule has 2 unspecified atom stereocenters. The van der Waals surface area contributed by atoms with Crippen molar-refractivity contribution >= 4 is 23.5 Å². The summed E-state index contributed by atoms with van der Waals surface area (Å²) >= 11 is 0. The number of amides is 4. The lowest BCUT2D eigenvalue weighted by molar-refractivity contribution is -0.385. The molecule has 1 aromatic carbocycles. The quantitative estimate of drug-likeness (QED) is 0.478. The third-order valence-corrected chi connectivity index (χ3v) is 5.40. The molecule has 1 aromatic rings. The second-order valence-corrected chi connectivity index (χ2v) is 6.90. The zero-order valence-electron chi connectivity index (χ0n) is 14.4. The molecule has 2 atom stereocenters. The van der Waals surface area contributed by atoms with Crippen LogP contribution in [0.4, 0.5) is 10.5 Å². The Morgan fingerprint density at radius 3 is 2.77 bits per heavy atom. The summed E-state index contributed by atoms with van der Waals surface area (Å²) in [6.07, 6.45) is 3.26. The molecule has 9 heteroatoms. The predicted octanol–water partition coefficient (Wildman–Crippen LogP) is 1.69. The molecule has 1 aliphatic carbocycles. The Balaban J connectivity index is 1.92. The molecule has 26 heavy (non-hydrogen) atoms. The van der Waals surface area contributed by atoms with Crippen LogP contribution in [-0.2, 0) is 11.3 Å². The number of primary amides is 1. The summed E-state index contributed by atoms with van der Waals surface area (Å²) < 4.78 is 0. The number of carbonyl (C=O) groups excluding carboxylic acids is 3. The van der Waals surface area contributed by atoms with Crippen LogP contribution in [0.25, 0.3) is 0 Å². The molecule has 2 fully saturated rings. The molecule has 2 aliphatic rings. The molecule has 0 bridgehead atoms. The number of nitro groups is 1. The van der Waals surface area contributed by atoms with Crippen molar-refractivity contribution in [1.29, 1.82) is 0 Å². The van der Waals surface area contributed by atoms with Crippen molar-refractivity contribution in [3.63, 3.8) is 0 Å². The molecular formula is C17H20N4O5. The molecule has 1 saturated heterocycles.